The first-order valence-corrected chi connectivity index (χ1v) is 11.6. The van der Waals surface area contributed by atoms with Crippen LogP contribution >= 0.6 is 34.5 Å². The maximum Gasteiger partial charge on any atom is 0.418 e. The van der Waals surface area contributed by atoms with E-state index in [0.29, 0.717) is 16.8 Å². The van der Waals surface area contributed by atoms with E-state index in [1.165, 1.54) is 12.5 Å². The van der Waals surface area contributed by atoms with Gasteiger partial charge in [-0.05, 0) is 18.2 Å². The maximum absolute atomic E-state index is 13.0. The zero-order valence-corrected chi connectivity index (χ0v) is 20.5. The summed E-state index contributed by atoms with van der Waals surface area (Å²) in [4.78, 5) is 44.7. The Morgan fingerprint density at radius 3 is 2.49 bits per heavy atom. The van der Waals surface area contributed by atoms with E-state index in [1.54, 1.807) is 24.5 Å². The van der Waals surface area contributed by atoms with Crippen LogP contribution in [0.25, 0.3) is 0 Å². The Hall–Kier alpha value is -3.88. The molecule has 0 saturated heterocycles. The first kappa shape index (κ1) is 26.2. The summed E-state index contributed by atoms with van der Waals surface area (Å²) in [6.07, 6.45) is 1.61. The SMILES string of the molecule is O=C(Nc1cc(C(F)(F)F)c(Cl)cn1)c1cnc(CNC(=O)c2ncnc(Nc3ccncc3)c2Cl)s1. The van der Waals surface area contributed by atoms with E-state index >= 15 is 0 Å². The summed E-state index contributed by atoms with van der Waals surface area (Å²) in [6.45, 7) is -0.0678. The normalized spacial score (nSPS) is 11.2. The highest BCUT2D eigenvalue weighted by Gasteiger charge is 2.34. The monoisotopic (exact) mass is 568 g/mol. The summed E-state index contributed by atoms with van der Waals surface area (Å²) in [6, 6.07) is 4.00. The Balaban J connectivity index is 1.38. The van der Waals surface area contributed by atoms with Crippen LogP contribution in [0.15, 0.2) is 49.3 Å². The van der Waals surface area contributed by atoms with Crippen LogP contribution < -0.4 is 16.0 Å². The van der Waals surface area contributed by atoms with Crippen molar-refractivity contribution in [3.8, 4) is 0 Å². The molecule has 0 unspecified atom stereocenters. The molecule has 0 spiro atoms. The summed E-state index contributed by atoms with van der Waals surface area (Å²) in [5, 5.41) is 7.56. The fourth-order valence-corrected chi connectivity index (χ4v) is 4.02. The highest BCUT2D eigenvalue weighted by molar-refractivity contribution is 7.13. The lowest BCUT2D eigenvalue weighted by Gasteiger charge is -2.10. The summed E-state index contributed by atoms with van der Waals surface area (Å²) in [5.74, 6) is -1.47. The van der Waals surface area contributed by atoms with E-state index < -0.39 is 28.6 Å². The van der Waals surface area contributed by atoms with E-state index in [2.05, 4.69) is 40.9 Å². The quantitative estimate of drug-likeness (QED) is 0.284. The van der Waals surface area contributed by atoms with Gasteiger partial charge in [0, 0.05) is 24.3 Å². The summed E-state index contributed by atoms with van der Waals surface area (Å²) in [5.41, 5.74) is -0.564. The second-order valence-electron chi connectivity index (χ2n) is 7.05. The van der Waals surface area contributed by atoms with Gasteiger partial charge in [-0.15, -0.1) is 11.3 Å². The molecule has 0 fully saturated rings. The highest BCUT2D eigenvalue weighted by atomic mass is 35.5. The smallest absolute Gasteiger partial charge is 0.344 e. The van der Waals surface area contributed by atoms with Gasteiger partial charge in [0.2, 0.25) is 0 Å². The standard InChI is InChI=1S/C21H13Cl2F3N8O2S/c22-12-6-28-14(5-11(12)21(24,25)26)34-19(35)13-7-29-15(37-13)8-30-20(36)17-16(23)18(32-9-31-17)33-10-1-3-27-4-2-10/h1-7,9H,8H2,(H,30,36)(H,28,34,35)(H,27,31,32,33). The Kier molecular flexibility index (Phi) is 7.80. The number of hydrogen-bond acceptors (Lipinski definition) is 9. The van der Waals surface area contributed by atoms with Crippen LogP contribution in [0.1, 0.15) is 30.7 Å². The van der Waals surface area contributed by atoms with Crippen LogP contribution in [-0.4, -0.2) is 36.7 Å². The van der Waals surface area contributed by atoms with Crippen molar-refractivity contribution < 1.29 is 22.8 Å². The van der Waals surface area contributed by atoms with Gasteiger partial charge in [0.1, 0.15) is 27.1 Å². The van der Waals surface area contributed by atoms with Crippen LogP contribution in [0.3, 0.4) is 0 Å². The van der Waals surface area contributed by atoms with Gasteiger partial charge in [-0.25, -0.2) is 19.9 Å². The fraction of sp³-hybridized carbons (Fsp3) is 0.0952. The number of hydrogen-bond donors (Lipinski definition) is 3. The molecule has 4 aromatic rings. The lowest BCUT2D eigenvalue weighted by molar-refractivity contribution is -0.137. The number of nitrogens with zero attached hydrogens (tertiary/aromatic N) is 5. The molecule has 10 nitrogen and oxygen atoms in total. The second kappa shape index (κ2) is 11.0. The lowest BCUT2D eigenvalue weighted by atomic mass is 10.2. The van der Waals surface area contributed by atoms with E-state index in [1.807, 2.05) is 0 Å². The molecule has 0 aliphatic carbocycles. The largest absolute Gasteiger partial charge is 0.418 e. The molecule has 0 radical (unpaired) electrons. The number of aromatic nitrogens is 5. The first-order chi connectivity index (χ1) is 17.6. The molecule has 0 aromatic carbocycles. The van der Waals surface area contributed by atoms with Crippen molar-refractivity contribution in [2.24, 2.45) is 0 Å². The molecular weight excluding hydrogens is 556 g/mol. The molecule has 3 N–H and O–H groups in total. The maximum atomic E-state index is 13.0. The predicted molar refractivity (Wildman–Crippen MR) is 130 cm³/mol. The first-order valence-electron chi connectivity index (χ1n) is 10.1. The van der Waals surface area contributed by atoms with E-state index in [9.17, 15) is 22.8 Å². The van der Waals surface area contributed by atoms with Crippen molar-refractivity contribution in [1.82, 2.24) is 30.2 Å². The van der Waals surface area contributed by atoms with Gasteiger partial charge in [-0.1, -0.05) is 23.2 Å². The number of halogens is 5. The van der Waals surface area contributed by atoms with Crippen molar-refractivity contribution >= 4 is 63.7 Å². The van der Waals surface area contributed by atoms with Crippen LogP contribution in [-0.2, 0) is 12.7 Å². The number of thiazole rings is 1. The van der Waals surface area contributed by atoms with Crippen LogP contribution in [0.5, 0.6) is 0 Å². The predicted octanol–water partition coefficient (Wildman–Crippen LogP) is 4.97. The van der Waals surface area contributed by atoms with Crippen molar-refractivity contribution in [1.29, 1.82) is 0 Å². The molecule has 0 bridgehead atoms. The average molecular weight is 569 g/mol. The third kappa shape index (κ3) is 6.47. The molecule has 16 heteroatoms. The molecule has 4 aromatic heterocycles. The number of nitrogens with one attached hydrogen (secondary N) is 3. The van der Waals surface area contributed by atoms with E-state index in [-0.39, 0.29) is 33.8 Å². The van der Waals surface area contributed by atoms with Gasteiger partial charge in [0.05, 0.1) is 23.3 Å². The number of anilines is 3. The molecule has 2 amide bonds. The topological polar surface area (TPSA) is 135 Å². The number of pyridine rings is 2. The molecule has 0 saturated carbocycles. The molecular formula is C21H13Cl2F3N8O2S. The fourth-order valence-electron chi connectivity index (χ4n) is 2.83. The van der Waals surface area contributed by atoms with Gasteiger partial charge in [0.15, 0.2) is 11.5 Å². The van der Waals surface area contributed by atoms with Gasteiger partial charge in [0.25, 0.3) is 11.8 Å². The van der Waals surface area contributed by atoms with Crippen LogP contribution in [0, 0.1) is 0 Å². The minimum atomic E-state index is -4.71. The van der Waals surface area contributed by atoms with Gasteiger partial charge in [-0.3, -0.25) is 14.6 Å². The van der Waals surface area contributed by atoms with Crippen molar-refractivity contribution in [2.75, 3.05) is 10.6 Å². The van der Waals surface area contributed by atoms with Crippen LogP contribution in [0.4, 0.5) is 30.5 Å². The summed E-state index contributed by atoms with van der Waals surface area (Å²) in [7, 11) is 0. The minimum Gasteiger partial charge on any atom is -0.344 e. The van der Waals surface area contributed by atoms with Gasteiger partial charge >= 0.3 is 6.18 Å². The molecule has 0 aliphatic heterocycles. The molecule has 4 rings (SSSR count). The summed E-state index contributed by atoms with van der Waals surface area (Å²) >= 11 is 12.8. The van der Waals surface area contributed by atoms with E-state index in [0.717, 1.165) is 17.5 Å². The zero-order chi connectivity index (χ0) is 26.6. The molecule has 37 heavy (non-hydrogen) atoms. The second-order valence-corrected chi connectivity index (χ2v) is 8.95. The minimum absolute atomic E-state index is 0.00953. The van der Waals surface area contributed by atoms with Crippen molar-refractivity contribution in [3.05, 3.63) is 80.5 Å². The molecule has 190 valence electrons. The number of carbonyl (C=O) groups is 2. The third-order valence-corrected chi connectivity index (χ3v) is 6.18. The Morgan fingerprint density at radius 1 is 1.00 bits per heavy atom. The molecule has 4 heterocycles. The van der Waals surface area contributed by atoms with Crippen molar-refractivity contribution in [3.63, 3.8) is 0 Å². The molecule has 0 aliphatic rings. The Bertz CT molecular complexity index is 1450. The van der Waals surface area contributed by atoms with E-state index in [4.69, 9.17) is 23.2 Å². The van der Waals surface area contributed by atoms with Crippen molar-refractivity contribution in [2.45, 2.75) is 12.7 Å². The average Bonchev–Trinajstić information content (AvgIpc) is 3.34. The van der Waals surface area contributed by atoms with Crippen LogP contribution in [0.2, 0.25) is 10.0 Å². The number of rotatable bonds is 7. The number of alkyl halides is 3. The van der Waals surface area contributed by atoms with Gasteiger partial charge in [-0.2, -0.15) is 13.2 Å². The number of amides is 2. The third-order valence-electron chi connectivity index (χ3n) is 4.53. The Labute approximate surface area is 220 Å². The molecule has 0 atom stereocenters. The number of carbonyl (C=O) groups excluding carboxylic acids is 2. The Morgan fingerprint density at radius 2 is 1.76 bits per heavy atom. The summed E-state index contributed by atoms with van der Waals surface area (Å²) < 4.78 is 39.1. The van der Waals surface area contributed by atoms with Gasteiger partial charge < -0.3 is 16.0 Å². The zero-order valence-electron chi connectivity index (χ0n) is 18.2. The highest BCUT2D eigenvalue weighted by Crippen LogP contribution is 2.35. The lowest BCUT2D eigenvalue weighted by Crippen LogP contribution is -2.24.